The summed E-state index contributed by atoms with van der Waals surface area (Å²) in [6.07, 6.45) is 2.42. The van der Waals surface area contributed by atoms with Crippen molar-refractivity contribution in [2.24, 2.45) is 0 Å². The number of anilines is 1. The Kier molecular flexibility index (Phi) is 5.66. The molecule has 3 aromatic rings. The van der Waals surface area contributed by atoms with E-state index in [1.165, 1.54) is 10.9 Å². The van der Waals surface area contributed by atoms with Gasteiger partial charge in [-0.25, -0.2) is 0 Å². The van der Waals surface area contributed by atoms with Gasteiger partial charge in [0.05, 0.1) is 16.9 Å². The fourth-order valence-electron chi connectivity index (χ4n) is 6.12. The minimum atomic E-state index is -0.215. The molecule has 0 radical (unpaired) electrons. The van der Waals surface area contributed by atoms with Crippen LogP contribution in [-0.4, -0.2) is 65.3 Å². The highest BCUT2D eigenvalue weighted by Gasteiger charge is 2.42. The summed E-state index contributed by atoms with van der Waals surface area (Å²) in [5, 5.41) is 4.18. The van der Waals surface area contributed by atoms with Crippen molar-refractivity contribution in [3.63, 3.8) is 0 Å². The van der Waals surface area contributed by atoms with Gasteiger partial charge in [0.1, 0.15) is 6.17 Å². The molecule has 3 aliphatic rings. The lowest BCUT2D eigenvalue weighted by atomic mass is 9.96. The van der Waals surface area contributed by atoms with E-state index in [2.05, 4.69) is 33.0 Å². The number of nitrogens with one attached hydrogen (secondary N) is 1. The van der Waals surface area contributed by atoms with E-state index in [4.69, 9.17) is 0 Å². The van der Waals surface area contributed by atoms with Gasteiger partial charge in [0.2, 0.25) is 11.8 Å². The van der Waals surface area contributed by atoms with E-state index in [0.717, 1.165) is 41.8 Å². The van der Waals surface area contributed by atoms with Gasteiger partial charge in [-0.1, -0.05) is 30.3 Å². The minimum absolute atomic E-state index is 0.0285. The third-order valence-corrected chi connectivity index (χ3v) is 7.84. The number of hydrogen-bond donors (Lipinski definition) is 1. The van der Waals surface area contributed by atoms with Crippen molar-refractivity contribution in [3.8, 4) is 0 Å². The zero-order valence-corrected chi connectivity index (χ0v) is 20.6. The highest BCUT2D eigenvalue weighted by atomic mass is 16.2. The van der Waals surface area contributed by atoms with Crippen LogP contribution in [0.15, 0.2) is 48.5 Å². The molecule has 36 heavy (non-hydrogen) atoms. The van der Waals surface area contributed by atoms with Crippen LogP contribution in [0.5, 0.6) is 0 Å². The number of amides is 3. The zero-order valence-electron chi connectivity index (χ0n) is 20.6. The van der Waals surface area contributed by atoms with Gasteiger partial charge >= 0.3 is 0 Å². The number of rotatable bonds is 6. The van der Waals surface area contributed by atoms with Crippen molar-refractivity contribution in [2.45, 2.75) is 38.4 Å². The van der Waals surface area contributed by atoms with Crippen LogP contribution in [-0.2, 0) is 22.6 Å². The number of carbonyl (C=O) groups is 3. The Morgan fingerprint density at radius 2 is 1.81 bits per heavy atom. The fourth-order valence-corrected chi connectivity index (χ4v) is 6.12. The Morgan fingerprint density at radius 1 is 1.00 bits per heavy atom. The Balaban J connectivity index is 1.28. The second kappa shape index (κ2) is 9.00. The number of benzene rings is 2. The van der Waals surface area contributed by atoms with E-state index >= 15 is 0 Å². The molecule has 0 spiro atoms. The van der Waals surface area contributed by atoms with Crippen molar-refractivity contribution in [1.82, 2.24) is 19.7 Å². The summed E-state index contributed by atoms with van der Waals surface area (Å²) in [7, 11) is 2.05. The second-order valence-electron chi connectivity index (χ2n) is 9.87. The number of nitrogens with zero attached hydrogens (tertiary/aromatic N) is 4. The standard InChI is InChI=1S/C28H31N5O3/c1-30-22-9-4-3-8-21(22)28(36)33-16-12-20-19-7-2-5-10-23(19)32(26(20)27(30)33)17-13-24(34)29-14-18-31-15-6-11-25(31)35/h2-5,7-10,27H,6,11-18H2,1H3,(H,29,34)/t27-/m1/s1. The number of aromatic nitrogens is 1. The van der Waals surface area contributed by atoms with Crippen LogP contribution in [0.25, 0.3) is 10.9 Å². The first kappa shape index (κ1) is 22.6. The summed E-state index contributed by atoms with van der Waals surface area (Å²) >= 11 is 0. The lowest BCUT2D eigenvalue weighted by Crippen LogP contribution is -2.51. The third kappa shape index (κ3) is 3.63. The lowest BCUT2D eigenvalue weighted by molar-refractivity contribution is -0.128. The van der Waals surface area contributed by atoms with Crippen molar-refractivity contribution >= 4 is 34.3 Å². The predicted molar refractivity (Wildman–Crippen MR) is 138 cm³/mol. The molecule has 1 atom stereocenters. The molecular weight excluding hydrogens is 454 g/mol. The average molecular weight is 486 g/mol. The Morgan fingerprint density at radius 3 is 2.64 bits per heavy atom. The maximum absolute atomic E-state index is 13.4. The summed E-state index contributed by atoms with van der Waals surface area (Å²) in [5.41, 5.74) is 5.13. The van der Waals surface area contributed by atoms with E-state index in [1.54, 1.807) is 0 Å². The number of likely N-dealkylation sites (tertiary alicyclic amines) is 1. The molecule has 1 N–H and O–H groups in total. The van der Waals surface area contributed by atoms with Crippen LogP contribution >= 0.6 is 0 Å². The predicted octanol–water partition coefficient (Wildman–Crippen LogP) is 2.92. The molecule has 1 aromatic heterocycles. The largest absolute Gasteiger partial charge is 0.354 e. The maximum Gasteiger partial charge on any atom is 0.257 e. The summed E-state index contributed by atoms with van der Waals surface area (Å²) in [4.78, 5) is 44.0. The Bertz CT molecular complexity index is 1360. The first-order valence-electron chi connectivity index (χ1n) is 12.8. The molecule has 8 nitrogen and oxygen atoms in total. The Labute approximate surface area is 210 Å². The molecule has 6 rings (SSSR count). The third-order valence-electron chi connectivity index (χ3n) is 7.84. The maximum atomic E-state index is 13.4. The quantitative estimate of drug-likeness (QED) is 0.583. The van der Waals surface area contributed by atoms with Gasteiger partial charge in [-0.2, -0.15) is 0 Å². The average Bonchev–Trinajstić information content (AvgIpc) is 3.46. The number of hydrogen-bond acceptors (Lipinski definition) is 4. The molecule has 0 unspecified atom stereocenters. The number of carbonyl (C=O) groups excluding carboxylic acids is 3. The zero-order chi connectivity index (χ0) is 24.8. The minimum Gasteiger partial charge on any atom is -0.354 e. The van der Waals surface area contributed by atoms with Gasteiger partial charge in [0.25, 0.3) is 5.91 Å². The molecule has 0 aliphatic carbocycles. The van der Waals surface area contributed by atoms with Gasteiger partial charge < -0.3 is 24.6 Å². The molecule has 186 valence electrons. The van der Waals surface area contributed by atoms with Gasteiger partial charge in [-0.3, -0.25) is 14.4 Å². The summed E-state index contributed by atoms with van der Waals surface area (Å²) < 4.78 is 2.24. The van der Waals surface area contributed by atoms with Crippen LogP contribution in [0.2, 0.25) is 0 Å². The van der Waals surface area contributed by atoms with Gasteiger partial charge in [0.15, 0.2) is 0 Å². The summed E-state index contributed by atoms with van der Waals surface area (Å²) in [6, 6.07) is 16.1. The molecule has 0 bridgehead atoms. The SMILES string of the molecule is CN1c2ccccc2C(=O)N2CCc3c(n(CCC(=O)NCCN4CCCC4=O)c4ccccc34)[C@@H]21. The second-order valence-corrected chi connectivity index (χ2v) is 9.87. The van der Waals surface area contributed by atoms with Crippen LogP contribution in [0, 0.1) is 0 Å². The first-order chi connectivity index (χ1) is 17.5. The van der Waals surface area contributed by atoms with E-state index in [0.29, 0.717) is 39.0 Å². The van der Waals surface area contributed by atoms with Crippen molar-refractivity contribution < 1.29 is 14.4 Å². The van der Waals surface area contributed by atoms with Crippen molar-refractivity contribution in [2.75, 3.05) is 38.1 Å². The monoisotopic (exact) mass is 485 g/mol. The molecule has 3 aliphatic heterocycles. The topological polar surface area (TPSA) is 77.9 Å². The van der Waals surface area contributed by atoms with Crippen LogP contribution < -0.4 is 10.2 Å². The number of aryl methyl sites for hydroxylation is 1. The molecule has 0 saturated carbocycles. The van der Waals surface area contributed by atoms with E-state index in [1.807, 2.05) is 47.2 Å². The lowest BCUT2D eigenvalue weighted by Gasteiger charge is -2.46. The molecule has 1 fully saturated rings. The summed E-state index contributed by atoms with van der Waals surface area (Å²) in [6.45, 7) is 3.01. The molecule has 4 heterocycles. The molecule has 8 heteroatoms. The fraction of sp³-hybridized carbons (Fsp3) is 0.393. The number of fused-ring (bicyclic) bond motifs is 6. The Hall–Kier alpha value is -3.81. The van der Waals surface area contributed by atoms with Gasteiger partial charge in [0, 0.05) is 63.5 Å². The smallest absolute Gasteiger partial charge is 0.257 e. The number of para-hydroxylation sites is 2. The molecular formula is C28H31N5O3. The van der Waals surface area contributed by atoms with Crippen LogP contribution in [0.1, 0.15) is 47.0 Å². The van der Waals surface area contributed by atoms with E-state index in [-0.39, 0.29) is 23.9 Å². The van der Waals surface area contributed by atoms with E-state index in [9.17, 15) is 14.4 Å². The summed E-state index contributed by atoms with van der Waals surface area (Å²) in [5.74, 6) is 0.205. The normalized spacial score (nSPS) is 18.9. The van der Waals surface area contributed by atoms with Crippen molar-refractivity contribution in [3.05, 3.63) is 65.4 Å². The van der Waals surface area contributed by atoms with Crippen LogP contribution in [0.4, 0.5) is 5.69 Å². The molecule has 3 amide bonds. The molecule has 2 aromatic carbocycles. The van der Waals surface area contributed by atoms with Crippen molar-refractivity contribution in [1.29, 1.82) is 0 Å². The van der Waals surface area contributed by atoms with Gasteiger partial charge in [-0.15, -0.1) is 0 Å². The van der Waals surface area contributed by atoms with E-state index < -0.39 is 0 Å². The highest BCUT2D eigenvalue weighted by Crippen LogP contribution is 2.44. The molecule has 1 saturated heterocycles. The van der Waals surface area contributed by atoms with Crippen LogP contribution in [0.3, 0.4) is 0 Å². The first-order valence-corrected chi connectivity index (χ1v) is 12.8. The van der Waals surface area contributed by atoms with Gasteiger partial charge in [-0.05, 0) is 36.6 Å². The highest BCUT2D eigenvalue weighted by molar-refractivity contribution is 6.02.